The second kappa shape index (κ2) is 10.2. The number of para-hydroxylation sites is 1. The lowest BCUT2D eigenvalue weighted by Gasteiger charge is -2.14. The van der Waals surface area contributed by atoms with E-state index in [2.05, 4.69) is 15.5 Å². The first-order chi connectivity index (χ1) is 14.1. The highest BCUT2D eigenvalue weighted by molar-refractivity contribution is 8.15. The third kappa shape index (κ3) is 5.92. The molecule has 1 atom stereocenters. The number of thioether (sulfide) groups is 1. The number of nitrogens with one attached hydrogen (secondary N) is 1. The van der Waals surface area contributed by atoms with Gasteiger partial charge in [0.15, 0.2) is 23.0 Å². The quantitative estimate of drug-likeness (QED) is 0.448. The van der Waals surface area contributed by atoms with Crippen molar-refractivity contribution >= 4 is 35.0 Å². The van der Waals surface area contributed by atoms with Gasteiger partial charge >= 0.3 is 5.97 Å². The molecule has 2 aliphatic heterocycles. The van der Waals surface area contributed by atoms with Crippen LogP contribution in [0.1, 0.15) is 18.4 Å². The van der Waals surface area contributed by atoms with Gasteiger partial charge in [0.1, 0.15) is 5.25 Å². The number of benzene rings is 1. The largest absolute Gasteiger partial charge is 0.493 e. The molecule has 2 aliphatic rings. The Labute approximate surface area is 171 Å². The number of rotatable bonds is 9. The third-order valence-electron chi connectivity index (χ3n) is 4.00. The predicted octanol–water partition coefficient (Wildman–Crippen LogP) is 1.23. The van der Waals surface area contributed by atoms with Crippen molar-refractivity contribution < 1.29 is 33.6 Å². The Hall–Kier alpha value is -2.63. The first-order valence-electron chi connectivity index (χ1n) is 8.90. The van der Waals surface area contributed by atoms with Crippen LogP contribution < -0.4 is 14.8 Å². The van der Waals surface area contributed by atoms with E-state index in [1.54, 1.807) is 25.3 Å². The van der Waals surface area contributed by atoms with Crippen LogP contribution in [-0.2, 0) is 19.1 Å². The van der Waals surface area contributed by atoms with Crippen molar-refractivity contribution in [3.63, 3.8) is 0 Å². The summed E-state index contributed by atoms with van der Waals surface area (Å²) >= 11 is 1.03. The van der Waals surface area contributed by atoms with Gasteiger partial charge in [-0.15, -0.1) is 5.10 Å². The summed E-state index contributed by atoms with van der Waals surface area (Å²) in [5, 5.41) is 18.8. The van der Waals surface area contributed by atoms with Gasteiger partial charge < -0.3 is 29.4 Å². The minimum absolute atomic E-state index is 0.249. The monoisotopic (exact) mass is 423 g/mol. The maximum absolute atomic E-state index is 11.7. The number of aliphatic carboxylic acids is 1. The second-order valence-electron chi connectivity index (χ2n) is 6.03. The van der Waals surface area contributed by atoms with E-state index in [0.29, 0.717) is 43.3 Å². The van der Waals surface area contributed by atoms with Crippen molar-refractivity contribution in [2.45, 2.75) is 24.4 Å². The van der Waals surface area contributed by atoms with Crippen molar-refractivity contribution in [2.75, 3.05) is 26.9 Å². The van der Waals surface area contributed by atoms with Crippen LogP contribution in [0, 0.1) is 0 Å². The normalized spacial score (nSPS) is 21.1. The van der Waals surface area contributed by atoms with Gasteiger partial charge in [-0.3, -0.25) is 9.59 Å². The molecule has 1 unspecified atom stereocenters. The SMILES string of the molecule is COc1cccc(C=NN=C2NC(=O)C(CC(=O)O)S2)c1OCCC1OCCO1. The summed E-state index contributed by atoms with van der Waals surface area (Å²) in [5.74, 6) is -0.397. The molecular weight excluding hydrogens is 402 g/mol. The van der Waals surface area contributed by atoms with Crippen LogP contribution in [0.5, 0.6) is 11.5 Å². The van der Waals surface area contributed by atoms with Crippen LogP contribution in [0.4, 0.5) is 0 Å². The Bertz CT molecular complexity index is 809. The molecule has 0 radical (unpaired) electrons. The summed E-state index contributed by atoms with van der Waals surface area (Å²) in [5.41, 5.74) is 0.637. The number of carbonyl (C=O) groups is 2. The number of nitrogens with zero attached hydrogens (tertiary/aromatic N) is 2. The summed E-state index contributed by atoms with van der Waals surface area (Å²) in [4.78, 5) is 22.5. The lowest BCUT2D eigenvalue weighted by Crippen LogP contribution is -2.26. The Balaban J connectivity index is 1.64. The zero-order valence-electron chi connectivity index (χ0n) is 15.7. The van der Waals surface area contributed by atoms with Gasteiger partial charge in [-0.1, -0.05) is 17.8 Å². The minimum Gasteiger partial charge on any atom is -0.493 e. The first-order valence-corrected chi connectivity index (χ1v) is 9.78. The number of amidine groups is 1. The molecule has 2 heterocycles. The fourth-order valence-electron chi connectivity index (χ4n) is 2.67. The standard InChI is InChI=1S/C18H21N3O7S/c1-25-12-4-2-3-11(16(12)28-6-5-15-26-7-8-27-15)10-19-21-18-20-17(24)13(29-18)9-14(22)23/h2-4,10,13,15H,5-9H2,1H3,(H,22,23)(H,20,21,24). The van der Waals surface area contributed by atoms with Crippen LogP contribution in [0.15, 0.2) is 28.4 Å². The first kappa shape index (κ1) is 21.1. The van der Waals surface area contributed by atoms with Crippen molar-refractivity contribution in [3.05, 3.63) is 23.8 Å². The lowest BCUT2D eigenvalue weighted by atomic mass is 10.2. The summed E-state index contributed by atoms with van der Waals surface area (Å²) < 4.78 is 22.0. The number of carbonyl (C=O) groups excluding carboxylic acids is 1. The maximum atomic E-state index is 11.7. The van der Waals surface area contributed by atoms with Gasteiger partial charge in [0.05, 0.1) is 39.6 Å². The lowest BCUT2D eigenvalue weighted by molar-refractivity contribution is -0.138. The minimum atomic E-state index is -1.05. The predicted molar refractivity (Wildman–Crippen MR) is 106 cm³/mol. The zero-order chi connectivity index (χ0) is 20.6. The summed E-state index contributed by atoms with van der Waals surface area (Å²) in [7, 11) is 1.54. The molecule has 0 aromatic heterocycles. The van der Waals surface area contributed by atoms with Crippen LogP contribution in [0.3, 0.4) is 0 Å². The topological polar surface area (TPSA) is 128 Å². The number of carboxylic acids is 1. The van der Waals surface area contributed by atoms with Gasteiger partial charge in [0, 0.05) is 12.0 Å². The van der Waals surface area contributed by atoms with Crippen LogP contribution in [0.25, 0.3) is 0 Å². The van der Waals surface area contributed by atoms with E-state index < -0.39 is 17.1 Å². The molecule has 1 amide bonds. The Kier molecular flexibility index (Phi) is 7.44. The van der Waals surface area contributed by atoms with E-state index in [0.717, 1.165) is 11.8 Å². The Morgan fingerprint density at radius 2 is 2.21 bits per heavy atom. The number of carboxylic acid groups (broad SMARTS) is 1. The molecule has 2 N–H and O–H groups in total. The molecular formula is C18H21N3O7S. The van der Waals surface area contributed by atoms with E-state index >= 15 is 0 Å². The highest BCUT2D eigenvalue weighted by Crippen LogP contribution is 2.30. The molecule has 2 fully saturated rings. The Morgan fingerprint density at radius 3 is 2.93 bits per heavy atom. The molecule has 0 spiro atoms. The molecule has 0 aliphatic carbocycles. The molecule has 2 saturated heterocycles. The van der Waals surface area contributed by atoms with Crippen molar-refractivity contribution in [2.24, 2.45) is 10.2 Å². The molecule has 10 nitrogen and oxygen atoms in total. The average Bonchev–Trinajstić information content (AvgIpc) is 3.32. The van der Waals surface area contributed by atoms with E-state index in [4.69, 9.17) is 24.1 Å². The number of hydrogen-bond acceptors (Lipinski definition) is 9. The number of hydrogen-bond donors (Lipinski definition) is 2. The smallest absolute Gasteiger partial charge is 0.305 e. The summed E-state index contributed by atoms with van der Waals surface area (Å²) in [6.07, 6.45) is 1.51. The number of ether oxygens (including phenoxy) is 4. The van der Waals surface area contributed by atoms with E-state index in [1.165, 1.54) is 6.21 Å². The molecule has 0 bridgehead atoms. The highest BCUT2D eigenvalue weighted by Gasteiger charge is 2.32. The van der Waals surface area contributed by atoms with Crippen LogP contribution in [0.2, 0.25) is 0 Å². The van der Waals surface area contributed by atoms with Gasteiger partial charge in [0.2, 0.25) is 5.91 Å². The molecule has 1 aromatic carbocycles. The third-order valence-corrected chi connectivity index (χ3v) is 5.07. The fraction of sp³-hybridized carbons (Fsp3) is 0.444. The second-order valence-corrected chi connectivity index (χ2v) is 7.22. The van der Waals surface area contributed by atoms with Crippen LogP contribution in [-0.4, -0.2) is 66.8 Å². The number of amides is 1. The maximum Gasteiger partial charge on any atom is 0.305 e. The fourth-order valence-corrected chi connectivity index (χ4v) is 3.58. The van der Waals surface area contributed by atoms with Crippen LogP contribution >= 0.6 is 11.8 Å². The molecule has 11 heteroatoms. The molecule has 3 rings (SSSR count). The molecule has 0 saturated carbocycles. The summed E-state index contributed by atoms with van der Waals surface area (Å²) in [6.45, 7) is 1.53. The van der Waals surface area contributed by atoms with Crippen molar-refractivity contribution in [1.29, 1.82) is 0 Å². The summed E-state index contributed by atoms with van der Waals surface area (Å²) in [6, 6.07) is 5.35. The van der Waals surface area contributed by atoms with Gasteiger partial charge in [0.25, 0.3) is 0 Å². The van der Waals surface area contributed by atoms with Gasteiger partial charge in [-0.2, -0.15) is 5.10 Å². The van der Waals surface area contributed by atoms with Crippen molar-refractivity contribution in [1.82, 2.24) is 5.32 Å². The zero-order valence-corrected chi connectivity index (χ0v) is 16.5. The van der Waals surface area contributed by atoms with E-state index in [9.17, 15) is 9.59 Å². The molecule has 156 valence electrons. The molecule has 29 heavy (non-hydrogen) atoms. The van der Waals surface area contributed by atoms with E-state index in [1.807, 2.05) is 0 Å². The van der Waals surface area contributed by atoms with Gasteiger partial charge in [-0.05, 0) is 12.1 Å². The van der Waals surface area contributed by atoms with E-state index in [-0.39, 0.29) is 17.9 Å². The van der Waals surface area contributed by atoms with Crippen molar-refractivity contribution in [3.8, 4) is 11.5 Å². The molecule has 1 aromatic rings. The number of methoxy groups -OCH3 is 1. The highest BCUT2D eigenvalue weighted by atomic mass is 32.2. The van der Waals surface area contributed by atoms with Gasteiger partial charge in [-0.25, -0.2) is 0 Å². The Morgan fingerprint density at radius 1 is 1.41 bits per heavy atom. The average molecular weight is 423 g/mol.